The lowest BCUT2D eigenvalue weighted by Crippen LogP contribution is -2.33. The highest BCUT2D eigenvalue weighted by molar-refractivity contribution is 5.77. The van der Waals surface area contributed by atoms with Crippen LogP contribution in [0.1, 0.15) is 0 Å². The van der Waals surface area contributed by atoms with E-state index in [9.17, 15) is 9.59 Å². The molecule has 0 saturated heterocycles. The molecular formula is C13H28N4O6. The van der Waals surface area contributed by atoms with Gasteiger partial charge in [-0.15, -0.1) is 0 Å². The van der Waals surface area contributed by atoms with Gasteiger partial charge in [0.1, 0.15) is 13.2 Å². The van der Waals surface area contributed by atoms with Gasteiger partial charge in [-0.1, -0.05) is 0 Å². The van der Waals surface area contributed by atoms with Gasteiger partial charge in [0.25, 0.3) is 0 Å². The minimum atomic E-state index is -0.270. The van der Waals surface area contributed by atoms with Crippen molar-refractivity contribution in [2.75, 3.05) is 72.6 Å². The highest BCUT2D eigenvalue weighted by atomic mass is 16.5. The summed E-state index contributed by atoms with van der Waals surface area (Å²) in [5, 5.41) is 5.04. The molecule has 0 aromatic rings. The Morgan fingerprint density at radius 2 is 1.22 bits per heavy atom. The summed E-state index contributed by atoms with van der Waals surface area (Å²) in [6, 6.07) is 0. The number of nitrogens with one attached hydrogen (secondary N) is 2. The second kappa shape index (κ2) is 17.1. The number of ether oxygens (including phenoxy) is 4. The Labute approximate surface area is 136 Å². The molecule has 0 atom stereocenters. The lowest BCUT2D eigenvalue weighted by atomic mass is 10.6. The molecule has 0 unspecified atom stereocenters. The van der Waals surface area contributed by atoms with Crippen molar-refractivity contribution >= 4 is 11.8 Å². The molecule has 10 heteroatoms. The first-order valence-electron chi connectivity index (χ1n) is 7.45. The predicted octanol–water partition coefficient (Wildman–Crippen LogP) is -2.84. The summed E-state index contributed by atoms with van der Waals surface area (Å²) >= 11 is 0. The van der Waals surface area contributed by atoms with Crippen LogP contribution < -0.4 is 22.1 Å². The Morgan fingerprint density at radius 3 is 1.78 bits per heavy atom. The standard InChI is InChI=1S/C13H28N4O6/c14-1-3-20-5-7-22-9-12(18)16-2-4-21-6-8-23-10-13(19)17-11-15/h1-11,14-15H2,(H,16,18)(H,17,19). The van der Waals surface area contributed by atoms with E-state index in [2.05, 4.69) is 10.6 Å². The molecule has 6 N–H and O–H groups in total. The zero-order valence-corrected chi connectivity index (χ0v) is 13.4. The summed E-state index contributed by atoms with van der Waals surface area (Å²) < 4.78 is 20.5. The molecule has 0 aromatic carbocycles. The van der Waals surface area contributed by atoms with Crippen LogP contribution in [0.5, 0.6) is 0 Å². The number of hydrogen-bond acceptors (Lipinski definition) is 8. The van der Waals surface area contributed by atoms with Crippen LogP contribution in [-0.2, 0) is 28.5 Å². The number of carbonyl (C=O) groups is 2. The van der Waals surface area contributed by atoms with Gasteiger partial charge in [0.05, 0.1) is 46.3 Å². The lowest BCUT2D eigenvalue weighted by molar-refractivity contribution is -0.127. The smallest absolute Gasteiger partial charge is 0.246 e. The molecule has 0 radical (unpaired) electrons. The summed E-state index contributed by atoms with van der Waals surface area (Å²) in [5.74, 6) is -0.490. The fourth-order valence-electron chi connectivity index (χ4n) is 1.33. The summed E-state index contributed by atoms with van der Waals surface area (Å²) in [4.78, 5) is 22.4. The minimum Gasteiger partial charge on any atom is -0.378 e. The first-order valence-corrected chi connectivity index (χ1v) is 7.45. The normalized spacial score (nSPS) is 10.5. The Balaban J connectivity index is 3.22. The van der Waals surface area contributed by atoms with Gasteiger partial charge in [-0.3, -0.25) is 9.59 Å². The van der Waals surface area contributed by atoms with Gasteiger partial charge in [0, 0.05) is 13.1 Å². The van der Waals surface area contributed by atoms with E-state index in [4.69, 9.17) is 30.4 Å². The maximum absolute atomic E-state index is 11.4. The van der Waals surface area contributed by atoms with Crippen molar-refractivity contribution in [1.82, 2.24) is 10.6 Å². The van der Waals surface area contributed by atoms with Crippen LogP contribution in [0, 0.1) is 0 Å². The first kappa shape index (κ1) is 21.7. The van der Waals surface area contributed by atoms with E-state index in [1.54, 1.807) is 0 Å². The molecule has 10 nitrogen and oxygen atoms in total. The van der Waals surface area contributed by atoms with Crippen LogP contribution in [0.4, 0.5) is 0 Å². The highest BCUT2D eigenvalue weighted by Gasteiger charge is 2.01. The molecule has 0 aliphatic rings. The van der Waals surface area contributed by atoms with E-state index in [0.29, 0.717) is 46.1 Å². The third-order valence-electron chi connectivity index (χ3n) is 2.34. The SMILES string of the molecule is NCCOCCOCC(=O)NCCOCCOCC(=O)NCN. The average molecular weight is 336 g/mol. The minimum absolute atomic E-state index is 0.0225. The predicted molar refractivity (Wildman–Crippen MR) is 82.5 cm³/mol. The van der Waals surface area contributed by atoms with Gasteiger partial charge in [-0.2, -0.15) is 0 Å². The number of carbonyl (C=O) groups excluding carboxylic acids is 2. The second-order valence-corrected chi connectivity index (χ2v) is 4.27. The lowest BCUT2D eigenvalue weighted by Gasteiger charge is -2.08. The van der Waals surface area contributed by atoms with Crippen molar-refractivity contribution < 1.29 is 28.5 Å². The van der Waals surface area contributed by atoms with Crippen molar-refractivity contribution in [1.29, 1.82) is 0 Å². The molecule has 0 spiro atoms. The number of rotatable bonds is 16. The van der Waals surface area contributed by atoms with Gasteiger partial charge < -0.3 is 41.0 Å². The zero-order chi connectivity index (χ0) is 17.2. The van der Waals surface area contributed by atoms with E-state index < -0.39 is 0 Å². The van der Waals surface area contributed by atoms with E-state index in [-0.39, 0.29) is 38.3 Å². The van der Waals surface area contributed by atoms with Crippen molar-refractivity contribution in [3.8, 4) is 0 Å². The third kappa shape index (κ3) is 16.9. The molecule has 0 fully saturated rings. The average Bonchev–Trinajstić information content (AvgIpc) is 2.53. The topological polar surface area (TPSA) is 147 Å². The number of nitrogens with two attached hydrogens (primary N) is 2. The van der Waals surface area contributed by atoms with Crippen molar-refractivity contribution in [3.05, 3.63) is 0 Å². The molecule has 0 bridgehead atoms. The van der Waals surface area contributed by atoms with E-state index in [0.717, 1.165) is 0 Å². The molecule has 0 rings (SSSR count). The zero-order valence-electron chi connectivity index (χ0n) is 13.4. The van der Waals surface area contributed by atoms with E-state index in [1.807, 2.05) is 0 Å². The van der Waals surface area contributed by atoms with Gasteiger partial charge in [0.2, 0.25) is 11.8 Å². The third-order valence-corrected chi connectivity index (χ3v) is 2.34. The maximum Gasteiger partial charge on any atom is 0.246 e. The van der Waals surface area contributed by atoms with Crippen molar-refractivity contribution in [3.63, 3.8) is 0 Å². The molecule has 0 aliphatic carbocycles. The Morgan fingerprint density at radius 1 is 0.696 bits per heavy atom. The number of hydrogen-bond donors (Lipinski definition) is 4. The second-order valence-electron chi connectivity index (χ2n) is 4.27. The Hall–Kier alpha value is -1.30. The molecule has 0 saturated carbocycles. The largest absolute Gasteiger partial charge is 0.378 e. The van der Waals surface area contributed by atoms with Crippen LogP contribution in [0.15, 0.2) is 0 Å². The summed E-state index contributed by atoms with van der Waals surface area (Å²) in [5.41, 5.74) is 10.4. The van der Waals surface area contributed by atoms with Gasteiger partial charge in [0.15, 0.2) is 0 Å². The summed E-state index contributed by atoms with van der Waals surface area (Å²) in [6.45, 7) is 3.07. The van der Waals surface area contributed by atoms with Crippen LogP contribution in [-0.4, -0.2) is 84.4 Å². The molecule has 2 amide bonds. The molecule has 136 valence electrons. The monoisotopic (exact) mass is 336 g/mol. The first-order chi connectivity index (χ1) is 11.2. The van der Waals surface area contributed by atoms with Crippen molar-refractivity contribution in [2.45, 2.75) is 0 Å². The quantitative estimate of drug-likeness (QED) is 0.174. The fourth-order valence-corrected chi connectivity index (χ4v) is 1.33. The summed E-state index contributed by atoms with van der Waals surface area (Å²) in [7, 11) is 0. The Bertz CT molecular complexity index is 306. The van der Waals surface area contributed by atoms with Crippen LogP contribution in [0.2, 0.25) is 0 Å². The summed E-state index contributed by atoms with van der Waals surface area (Å²) in [6.07, 6.45) is 0. The highest BCUT2D eigenvalue weighted by Crippen LogP contribution is 1.81. The maximum atomic E-state index is 11.4. The van der Waals surface area contributed by atoms with Crippen LogP contribution >= 0.6 is 0 Å². The molecule has 0 aliphatic heterocycles. The molecular weight excluding hydrogens is 308 g/mol. The van der Waals surface area contributed by atoms with Crippen molar-refractivity contribution in [2.24, 2.45) is 11.5 Å². The molecule has 0 heterocycles. The molecule has 23 heavy (non-hydrogen) atoms. The van der Waals surface area contributed by atoms with Crippen LogP contribution in [0.3, 0.4) is 0 Å². The van der Waals surface area contributed by atoms with E-state index in [1.165, 1.54) is 0 Å². The van der Waals surface area contributed by atoms with Gasteiger partial charge in [-0.25, -0.2) is 0 Å². The van der Waals surface area contributed by atoms with E-state index >= 15 is 0 Å². The van der Waals surface area contributed by atoms with Crippen LogP contribution in [0.25, 0.3) is 0 Å². The Kier molecular flexibility index (Phi) is 16.1. The van der Waals surface area contributed by atoms with Gasteiger partial charge in [-0.05, 0) is 0 Å². The van der Waals surface area contributed by atoms with Gasteiger partial charge >= 0.3 is 0 Å². The number of amides is 2. The molecule has 0 aromatic heterocycles. The fraction of sp³-hybridized carbons (Fsp3) is 0.846.